The first kappa shape index (κ1) is 25.3. The highest BCUT2D eigenvalue weighted by molar-refractivity contribution is 14.0. The molecule has 1 aliphatic heterocycles. The van der Waals surface area contributed by atoms with E-state index >= 15 is 0 Å². The lowest BCUT2D eigenvalue weighted by molar-refractivity contribution is 0.160. The summed E-state index contributed by atoms with van der Waals surface area (Å²) in [7, 11) is 0. The quantitative estimate of drug-likeness (QED) is 0.282. The van der Waals surface area contributed by atoms with E-state index in [0.29, 0.717) is 11.6 Å². The van der Waals surface area contributed by atoms with Crippen LogP contribution in [0.15, 0.2) is 29.3 Å². The number of aliphatic hydroxyl groups is 1. The first-order valence-corrected chi connectivity index (χ1v) is 11.3. The average molecular weight is 532 g/mol. The Morgan fingerprint density at radius 1 is 1.13 bits per heavy atom. The molecule has 0 radical (unpaired) electrons. The number of rotatable bonds is 7. The number of guanidine groups is 1. The molecule has 1 unspecified atom stereocenters. The molecule has 1 atom stereocenters. The molecular formula is C23H38FIN4O. The van der Waals surface area contributed by atoms with Crippen LogP contribution in [-0.2, 0) is 0 Å². The summed E-state index contributed by atoms with van der Waals surface area (Å²) in [6, 6.07) is 6.37. The van der Waals surface area contributed by atoms with Crippen LogP contribution in [0.2, 0.25) is 0 Å². The van der Waals surface area contributed by atoms with E-state index in [-0.39, 0.29) is 36.3 Å². The van der Waals surface area contributed by atoms with Crippen LogP contribution in [0.5, 0.6) is 0 Å². The van der Waals surface area contributed by atoms with Crippen molar-refractivity contribution in [2.45, 2.75) is 64.0 Å². The van der Waals surface area contributed by atoms with Gasteiger partial charge in [0.1, 0.15) is 5.82 Å². The third kappa shape index (κ3) is 8.30. The van der Waals surface area contributed by atoms with Gasteiger partial charge in [-0.05, 0) is 56.2 Å². The van der Waals surface area contributed by atoms with Gasteiger partial charge < -0.3 is 20.6 Å². The van der Waals surface area contributed by atoms with Gasteiger partial charge in [0.2, 0.25) is 0 Å². The summed E-state index contributed by atoms with van der Waals surface area (Å²) in [5, 5.41) is 17.1. The van der Waals surface area contributed by atoms with Crippen molar-refractivity contribution in [3.8, 4) is 0 Å². The number of piperidine rings is 1. The van der Waals surface area contributed by atoms with Crippen LogP contribution in [0, 0.1) is 11.7 Å². The molecule has 1 saturated heterocycles. The molecule has 1 heterocycles. The highest BCUT2D eigenvalue weighted by atomic mass is 127. The van der Waals surface area contributed by atoms with Crippen molar-refractivity contribution in [2.75, 3.05) is 32.7 Å². The molecule has 1 saturated carbocycles. The summed E-state index contributed by atoms with van der Waals surface area (Å²) < 4.78 is 13.1. The molecular weight excluding hydrogens is 494 g/mol. The van der Waals surface area contributed by atoms with Crippen LogP contribution in [0.4, 0.5) is 4.39 Å². The number of likely N-dealkylation sites (tertiary alicyclic amines) is 1. The molecule has 1 aromatic carbocycles. The lowest BCUT2D eigenvalue weighted by atomic mass is 9.88. The lowest BCUT2D eigenvalue weighted by Crippen LogP contribution is -2.49. The van der Waals surface area contributed by atoms with Crippen LogP contribution in [0.3, 0.4) is 0 Å². The number of halogens is 2. The lowest BCUT2D eigenvalue weighted by Gasteiger charge is -2.36. The van der Waals surface area contributed by atoms with Gasteiger partial charge in [0.05, 0.1) is 12.6 Å². The Balaban J connectivity index is 0.00000320. The van der Waals surface area contributed by atoms with Gasteiger partial charge in [-0.1, -0.05) is 31.4 Å². The smallest absolute Gasteiger partial charge is 0.191 e. The van der Waals surface area contributed by atoms with E-state index in [1.54, 1.807) is 12.1 Å². The van der Waals surface area contributed by atoms with Crippen LogP contribution in [-0.4, -0.2) is 54.7 Å². The second-order valence-electron chi connectivity index (χ2n) is 8.51. The maximum Gasteiger partial charge on any atom is 0.191 e. The topological polar surface area (TPSA) is 59.9 Å². The highest BCUT2D eigenvalue weighted by Gasteiger charge is 2.23. The van der Waals surface area contributed by atoms with Crippen LogP contribution in [0.1, 0.15) is 63.5 Å². The van der Waals surface area contributed by atoms with Crippen LogP contribution in [0.25, 0.3) is 0 Å². The maximum absolute atomic E-state index is 13.1. The second-order valence-corrected chi connectivity index (χ2v) is 8.51. The number of hydrogen-bond donors (Lipinski definition) is 3. The molecule has 170 valence electrons. The number of hydrogen-bond acceptors (Lipinski definition) is 3. The Hall–Kier alpha value is -0.930. The molecule has 3 rings (SSSR count). The summed E-state index contributed by atoms with van der Waals surface area (Å²) in [6.45, 7) is 6.63. The molecule has 7 heteroatoms. The van der Waals surface area contributed by atoms with Crippen molar-refractivity contribution < 1.29 is 9.50 Å². The number of nitrogens with zero attached hydrogens (tertiary/aromatic N) is 2. The largest absolute Gasteiger partial charge is 0.386 e. The monoisotopic (exact) mass is 532 g/mol. The molecule has 2 fully saturated rings. The van der Waals surface area contributed by atoms with Gasteiger partial charge in [0, 0.05) is 32.2 Å². The van der Waals surface area contributed by atoms with E-state index in [4.69, 9.17) is 0 Å². The minimum Gasteiger partial charge on any atom is -0.386 e. The predicted molar refractivity (Wildman–Crippen MR) is 132 cm³/mol. The summed E-state index contributed by atoms with van der Waals surface area (Å²) in [6.07, 6.45) is 8.57. The highest BCUT2D eigenvalue weighted by Crippen LogP contribution is 2.25. The van der Waals surface area contributed by atoms with Gasteiger partial charge >= 0.3 is 0 Å². The third-order valence-corrected chi connectivity index (χ3v) is 6.19. The Morgan fingerprint density at radius 3 is 2.43 bits per heavy atom. The number of aliphatic imine (C=N–C) groups is 1. The van der Waals surface area contributed by atoms with Crippen LogP contribution >= 0.6 is 24.0 Å². The van der Waals surface area contributed by atoms with E-state index in [0.717, 1.165) is 44.4 Å². The fraction of sp³-hybridized carbons (Fsp3) is 0.696. The van der Waals surface area contributed by atoms with Crippen LogP contribution < -0.4 is 10.6 Å². The second kappa shape index (κ2) is 13.5. The molecule has 0 aromatic heterocycles. The van der Waals surface area contributed by atoms with Gasteiger partial charge in [-0.2, -0.15) is 0 Å². The molecule has 30 heavy (non-hydrogen) atoms. The number of nitrogens with one attached hydrogen (secondary N) is 2. The minimum atomic E-state index is -0.733. The fourth-order valence-corrected chi connectivity index (χ4v) is 4.48. The molecule has 5 nitrogen and oxygen atoms in total. The van der Waals surface area contributed by atoms with Gasteiger partial charge in [-0.15, -0.1) is 24.0 Å². The van der Waals surface area contributed by atoms with E-state index in [1.807, 2.05) is 6.92 Å². The Kier molecular flexibility index (Phi) is 11.4. The minimum absolute atomic E-state index is 0. The summed E-state index contributed by atoms with van der Waals surface area (Å²) >= 11 is 0. The molecule has 1 aromatic rings. The van der Waals surface area contributed by atoms with E-state index < -0.39 is 6.10 Å². The molecule has 3 N–H and O–H groups in total. The molecule has 0 amide bonds. The molecule has 0 bridgehead atoms. The molecule has 2 aliphatic rings. The predicted octanol–water partition coefficient (Wildman–Crippen LogP) is 4.08. The summed E-state index contributed by atoms with van der Waals surface area (Å²) in [5.41, 5.74) is 0.682. The molecule has 0 spiro atoms. The van der Waals surface area contributed by atoms with Crippen molar-refractivity contribution in [3.63, 3.8) is 0 Å². The summed E-state index contributed by atoms with van der Waals surface area (Å²) in [4.78, 5) is 7.19. The molecule has 1 aliphatic carbocycles. The fourth-order valence-electron chi connectivity index (χ4n) is 4.48. The normalized spacial score (nSPS) is 20.4. The van der Waals surface area contributed by atoms with Crippen molar-refractivity contribution in [1.82, 2.24) is 15.5 Å². The summed E-state index contributed by atoms with van der Waals surface area (Å²) in [5.74, 6) is 1.36. The zero-order valence-corrected chi connectivity index (χ0v) is 20.5. The van der Waals surface area contributed by atoms with Gasteiger partial charge in [-0.3, -0.25) is 4.99 Å². The van der Waals surface area contributed by atoms with E-state index in [1.165, 1.54) is 50.8 Å². The maximum atomic E-state index is 13.1. The number of benzene rings is 1. The Labute approximate surface area is 197 Å². The first-order chi connectivity index (χ1) is 14.1. The van der Waals surface area contributed by atoms with Gasteiger partial charge in [-0.25, -0.2) is 4.39 Å². The Bertz CT molecular complexity index is 629. The van der Waals surface area contributed by atoms with E-state index in [9.17, 15) is 9.50 Å². The first-order valence-electron chi connectivity index (χ1n) is 11.3. The van der Waals surface area contributed by atoms with Crippen molar-refractivity contribution >= 4 is 29.9 Å². The van der Waals surface area contributed by atoms with Gasteiger partial charge in [0.25, 0.3) is 0 Å². The van der Waals surface area contributed by atoms with E-state index in [2.05, 4.69) is 20.5 Å². The van der Waals surface area contributed by atoms with Crippen molar-refractivity contribution in [1.29, 1.82) is 0 Å². The van der Waals surface area contributed by atoms with Crippen molar-refractivity contribution in [2.24, 2.45) is 10.9 Å². The standard InChI is InChI=1S/C23H37FN4O.HI/c1-2-25-23(26-16-22(29)19-8-10-20(24)11-9-19)27-21-12-14-28(15-13-21)17-18-6-4-3-5-7-18;/h8-11,18,21-22,29H,2-7,12-17H2,1H3,(H2,25,26,27);1H. The van der Waals surface area contributed by atoms with Crippen molar-refractivity contribution in [3.05, 3.63) is 35.6 Å². The zero-order valence-electron chi connectivity index (χ0n) is 18.2. The van der Waals surface area contributed by atoms with Gasteiger partial charge in [0.15, 0.2) is 5.96 Å². The third-order valence-electron chi connectivity index (χ3n) is 6.19. The SMILES string of the molecule is CCNC(=NCC(O)c1ccc(F)cc1)NC1CCN(CC2CCCCC2)CC1.I. The number of aliphatic hydroxyl groups excluding tert-OH is 1. The zero-order chi connectivity index (χ0) is 20.5. The average Bonchev–Trinajstić information content (AvgIpc) is 2.74. The Morgan fingerprint density at radius 2 is 1.80 bits per heavy atom.